The Hall–Kier alpha value is -1.66. The molecule has 1 amide bonds. The van der Waals surface area contributed by atoms with Crippen LogP contribution in [0.3, 0.4) is 0 Å². The Balaban J connectivity index is 3.37. The van der Waals surface area contributed by atoms with Gasteiger partial charge >= 0.3 is 5.97 Å². The smallest absolute Gasteiger partial charge is 0.305 e. The van der Waals surface area contributed by atoms with Crippen molar-refractivity contribution in [1.82, 2.24) is 5.32 Å². The first-order valence-corrected chi connectivity index (χ1v) is 37.1. The molecule has 0 aromatic carbocycles. The molecule has 0 aliphatic heterocycles. The lowest BCUT2D eigenvalue weighted by Crippen LogP contribution is -2.45. The maximum Gasteiger partial charge on any atom is 0.305 e. The predicted molar refractivity (Wildman–Crippen MR) is 356 cm³/mol. The van der Waals surface area contributed by atoms with E-state index in [2.05, 4.69) is 31.3 Å². The number of amides is 1. The van der Waals surface area contributed by atoms with Crippen LogP contribution in [0, 0.1) is 0 Å². The van der Waals surface area contributed by atoms with Crippen LogP contribution >= 0.6 is 0 Å². The van der Waals surface area contributed by atoms with E-state index >= 15 is 0 Å². The molecule has 2 atom stereocenters. The van der Waals surface area contributed by atoms with Crippen LogP contribution in [-0.4, -0.2) is 47.4 Å². The molecule has 6 nitrogen and oxygen atoms in total. The summed E-state index contributed by atoms with van der Waals surface area (Å²) in [5.74, 6) is -0.0478. The van der Waals surface area contributed by atoms with Crippen molar-refractivity contribution in [1.29, 1.82) is 0 Å². The molecule has 0 fully saturated rings. The van der Waals surface area contributed by atoms with Gasteiger partial charge in [-0.25, -0.2) is 0 Å². The zero-order chi connectivity index (χ0) is 58.5. The summed E-state index contributed by atoms with van der Waals surface area (Å²) in [6.07, 6.45) is 89.8. The first-order chi connectivity index (χ1) is 40.0. The summed E-state index contributed by atoms with van der Waals surface area (Å²) >= 11 is 0. The van der Waals surface area contributed by atoms with Crippen molar-refractivity contribution in [2.75, 3.05) is 13.2 Å². The molecule has 0 spiro atoms. The minimum atomic E-state index is -0.844. The summed E-state index contributed by atoms with van der Waals surface area (Å²) in [5, 5.41) is 23.3. The molecular formula is C75H145NO5. The van der Waals surface area contributed by atoms with Crippen LogP contribution in [0.4, 0.5) is 0 Å². The van der Waals surface area contributed by atoms with Crippen LogP contribution in [0.15, 0.2) is 24.3 Å². The normalized spacial score (nSPS) is 12.6. The van der Waals surface area contributed by atoms with Gasteiger partial charge in [0.2, 0.25) is 5.91 Å². The number of nitrogens with one attached hydrogen (secondary N) is 1. The number of rotatable bonds is 70. The fraction of sp³-hybridized carbons (Fsp3) is 0.920. The highest BCUT2D eigenvalue weighted by atomic mass is 16.5. The lowest BCUT2D eigenvalue weighted by molar-refractivity contribution is -0.143. The molecule has 6 heteroatoms. The van der Waals surface area contributed by atoms with Gasteiger partial charge in [0.25, 0.3) is 0 Å². The number of aliphatic hydroxyl groups excluding tert-OH is 2. The van der Waals surface area contributed by atoms with Crippen LogP contribution in [0.1, 0.15) is 418 Å². The minimum Gasteiger partial charge on any atom is -0.466 e. The fourth-order valence-corrected chi connectivity index (χ4v) is 11.8. The summed E-state index contributed by atoms with van der Waals surface area (Å²) in [4.78, 5) is 24.6. The largest absolute Gasteiger partial charge is 0.466 e. The van der Waals surface area contributed by atoms with Gasteiger partial charge in [-0.05, 0) is 57.8 Å². The van der Waals surface area contributed by atoms with Gasteiger partial charge in [0, 0.05) is 12.8 Å². The van der Waals surface area contributed by atoms with Crippen molar-refractivity contribution in [2.45, 2.75) is 431 Å². The van der Waals surface area contributed by atoms with E-state index < -0.39 is 12.1 Å². The first-order valence-electron chi connectivity index (χ1n) is 37.1. The lowest BCUT2D eigenvalue weighted by Gasteiger charge is -2.20. The summed E-state index contributed by atoms with van der Waals surface area (Å²) in [6, 6.07) is -0.627. The van der Waals surface area contributed by atoms with E-state index in [-0.39, 0.29) is 18.5 Å². The summed E-state index contributed by atoms with van der Waals surface area (Å²) in [7, 11) is 0. The van der Waals surface area contributed by atoms with Gasteiger partial charge < -0.3 is 20.3 Å². The topological polar surface area (TPSA) is 95.9 Å². The van der Waals surface area contributed by atoms with Crippen molar-refractivity contribution in [3.05, 3.63) is 24.3 Å². The van der Waals surface area contributed by atoms with Gasteiger partial charge in [0.1, 0.15) is 0 Å². The fourth-order valence-electron chi connectivity index (χ4n) is 11.8. The lowest BCUT2D eigenvalue weighted by atomic mass is 10.0. The SMILES string of the molecule is CCCCCCCCC/C=C\CCCCCCCCCC(=O)OCCCCCCCCCCCCCCCCCCCCCCCCCCCC(=O)NC(CO)C(O)/C=C/CCCCCCCCCCCCCCCCCCCCC. The number of ether oxygens (including phenoxy) is 1. The molecule has 0 aromatic heterocycles. The molecule has 0 radical (unpaired) electrons. The molecule has 0 saturated carbocycles. The average Bonchev–Trinajstić information content (AvgIpc) is 3.47. The van der Waals surface area contributed by atoms with E-state index in [1.54, 1.807) is 6.08 Å². The maximum absolute atomic E-state index is 12.5. The van der Waals surface area contributed by atoms with Gasteiger partial charge in [0.05, 0.1) is 25.4 Å². The zero-order valence-electron chi connectivity index (χ0n) is 55.0. The first kappa shape index (κ1) is 79.3. The predicted octanol–water partition coefficient (Wildman–Crippen LogP) is 24.1. The van der Waals surface area contributed by atoms with E-state index in [4.69, 9.17) is 4.74 Å². The van der Waals surface area contributed by atoms with Crippen molar-refractivity contribution < 1.29 is 24.5 Å². The third-order valence-corrected chi connectivity index (χ3v) is 17.5. The number of unbranched alkanes of at least 4 members (excludes halogenated alkanes) is 57. The highest BCUT2D eigenvalue weighted by Gasteiger charge is 2.18. The molecule has 2 unspecified atom stereocenters. The third-order valence-electron chi connectivity index (χ3n) is 17.5. The number of carbonyl (C=O) groups is 2. The number of hydrogen-bond donors (Lipinski definition) is 3. The van der Waals surface area contributed by atoms with Crippen LogP contribution in [-0.2, 0) is 14.3 Å². The Morgan fingerprint density at radius 1 is 0.333 bits per heavy atom. The van der Waals surface area contributed by atoms with Crippen LogP contribution in [0.25, 0.3) is 0 Å². The monoisotopic (exact) mass is 1140 g/mol. The van der Waals surface area contributed by atoms with Crippen molar-refractivity contribution in [3.8, 4) is 0 Å². The number of hydrogen-bond acceptors (Lipinski definition) is 5. The van der Waals surface area contributed by atoms with E-state index in [9.17, 15) is 19.8 Å². The quantitative estimate of drug-likeness (QED) is 0.0320. The summed E-state index contributed by atoms with van der Waals surface area (Å²) in [6.45, 7) is 4.95. The maximum atomic E-state index is 12.5. The second-order valence-electron chi connectivity index (χ2n) is 25.6. The molecule has 81 heavy (non-hydrogen) atoms. The Kier molecular flexibility index (Phi) is 69.4. The Bertz CT molecular complexity index is 1270. The van der Waals surface area contributed by atoms with Crippen LogP contribution < -0.4 is 5.32 Å². The molecular weight excluding hydrogens is 995 g/mol. The Morgan fingerprint density at radius 2 is 0.580 bits per heavy atom. The highest BCUT2D eigenvalue weighted by Crippen LogP contribution is 2.19. The number of aliphatic hydroxyl groups is 2. The Morgan fingerprint density at radius 3 is 0.877 bits per heavy atom. The Labute approximate surface area is 507 Å². The third kappa shape index (κ3) is 67.3. The number of esters is 1. The second-order valence-corrected chi connectivity index (χ2v) is 25.6. The molecule has 0 aliphatic rings. The molecule has 480 valence electrons. The number of allylic oxidation sites excluding steroid dienone is 3. The van der Waals surface area contributed by atoms with Crippen molar-refractivity contribution in [3.63, 3.8) is 0 Å². The zero-order valence-corrected chi connectivity index (χ0v) is 55.0. The van der Waals surface area contributed by atoms with E-state index in [0.717, 1.165) is 44.9 Å². The highest BCUT2D eigenvalue weighted by molar-refractivity contribution is 5.76. The van der Waals surface area contributed by atoms with Crippen LogP contribution in [0.5, 0.6) is 0 Å². The van der Waals surface area contributed by atoms with Gasteiger partial charge in [-0.3, -0.25) is 9.59 Å². The summed E-state index contributed by atoms with van der Waals surface area (Å²) < 4.78 is 5.51. The molecule has 0 heterocycles. The van der Waals surface area contributed by atoms with E-state index in [1.165, 1.54) is 347 Å². The molecule has 3 N–H and O–H groups in total. The van der Waals surface area contributed by atoms with Gasteiger partial charge in [-0.1, -0.05) is 372 Å². The second kappa shape index (κ2) is 70.8. The van der Waals surface area contributed by atoms with Crippen molar-refractivity contribution in [2.24, 2.45) is 0 Å². The minimum absolute atomic E-state index is 0.0141. The standard InChI is InChI=1S/C75H145NO5/c1-3-5-7-9-11-13-15-17-19-21-23-29-32-35-39-43-47-51-55-59-63-67-73(78)72(71-77)76-74(79)68-64-60-56-52-48-44-40-36-33-30-27-25-24-26-28-31-34-38-42-46-50-54-58-62-66-70-81-75(80)69-65-61-57-53-49-45-41-37-22-20-18-16-14-12-10-8-6-4-2/h20,22,63,67,72-73,77-78H,3-19,21,23-62,64-66,68-71H2,1-2H3,(H,76,79)/b22-20-,67-63+. The molecule has 0 rings (SSSR count). The molecule has 0 aliphatic carbocycles. The average molecular weight is 1140 g/mol. The van der Waals surface area contributed by atoms with Gasteiger partial charge in [-0.2, -0.15) is 0 Å². The van der Waals surface area contributed by atoms with Crippen LogP contribution in [0.2, 0.25) is 0 Å². The molecule has 0 bridgehead atoms. The van der Waals surface area contributed by atoms with Gasteiger partial charge in [-0.15, -0.1) is 0 Å². The van der Waals surface area contributed by atoms with Gasteiger partial charge in [0.15, 0.2) is 0 Å². The van der Waals surface area contributed by atoms with E-state index in [1.807, 2.05) is 6.08 Å². The van der Waals surface area contributed by atoms with E-state index in [0.29, 0.717) is 19.4 Å². The number of carbonyl (C=O) groups excluding carboxylic acids is 2. The van der Waals surface area contributed by atoms with Crippen molar-refractivity contribution >= 4 is 11.9 Å². The molecule has 0 saturated heterocycles. The molecule has 0 aromatic rings. The summed E-state index contributed by atoms with van der Waals surface area (Å²) in [5.41, 5.74) is 0.